The van der Waals surface area contributed by atoms with Crippen LogP contribution in [0.25, 0.3) is 0 Å². The van der Waals surface area contributed by atoms with Crippen LogP contribution in [-0.2, 0) is 0 Å². The molecule has 0 N–H and O–H groups in total. The first-order valence-electron chi connectivity index (χ1n) is 4.22. The van der Waals surface area contributed by atoms with Crippen LogP contribution in [-0.4, -0.2) is 24.1 Å². The predicted octanol–water partition coefficient (Wildman–Crippen LogP) is 1.68. The van der Waals surface area contributed by atoms with Crippen LogP contribution < -0.4 is 4.74 Å². The fourth-order valence-corrected chi connectivity index (χ4v) is 1.32. The molecule has 1 aromatic carbocycles. The first-order chi connectivity index (χ1) is 6.25. The molecule has 1 aliphatic heterocycles. The summed E-state index contributed by atoms with van der Waals surface area (Å²) in [5.41, 5.74) is 0. The van der Waals surface area contributed by atoms with Crippen LogP contribution in [0.5, 0.6) is 5.75 Å². The van der Waals surface area contributed by atoms with Gasteiger partial charge in [-0.3, -0.25) is 4.90 Å². The van der Waals surface area contributed by atoms with Gasteiger partial charge < -0.3 is 4.74 Å². The molecule has 0 atom stereocenters. The summed E-state index contributed by atoms with van der Waals surface area (Å²) >= 11 is 0. The molecule has 0 aliphatic carbocycles. The van der Waals surface area contributed by atoms with E-state index in [1.807, 2.05) is 4.90 Å². The number of halogens is 1. The molecule has 13 heavy (non-hydrogen) atoms. The highest BCUT2D eigenvalue weighted by Gasteiger charge is 2.25. The molecule has 0 aromatic heterocycles. The number of rotatable bonds is 2. The van der Waals surface area contributed by atoms with E-state index in [-0.39, 0.29) is 11.9 Å². The number of ether oxygens (including phenoxy) is 1. The van der Waals surface area contributed by atoms with Gasteiger partial charge >= 0.3 is 0 Å². The van der Waals surface area contributed by atoms with Gasteiger partial charge in [0, 0.05) is 20.1 Å². The third-order valence-corrected chi connectivity index (χ3v) is 2.05. The van der Waals surface area contributed by atoms with E-state index in [4.69, 9.17) is 4.74 Å². The monoisotopic (exact) mass is 180 g/mol. The number of nitrogens with zero attached hydrogens (tertiary/aromatic N) is 1. The van der Waals surface area contributed by atoms with Gasteiger partial charge in [-0.1, -0.05) is 12.1 Å². The third kappa shape index (κ3) is 1.80. The summed E-state index contributed by atoms with van der Waals surface area (Å²) in [5, 5.41) is 0. The Balaban J connectivity index is 1.98. The average Bonchev–Trinajstić information content (AvgIpc) is 2.06. The van der Waals surface area contributed by atoms with E-state index in [1.54, 1.807) is 18.2 Å². The van der Waals surface area contributed by atoms with Gasteiger partial charge in [0.2, 0.25) is 0 Å². The molecule has 3 heteroatoms. The fraction of sp³-hybridized carbons (Fsp3) is 0.300. The minimum atomic E-state index is -0.301. The zero-order valence-electron chi connectivity index (χ0n) is 7.24. The van der Waals surface area contributed by atoms with Gasteiger partial charge in [0.1, 0.15) is 6.10 Å². The molecule has 0 spiro atoms. The minimum absolute atomic E-state index is 0.0920. The smallest absolute Gasteiger partial charge is 0.165 e. The maximum Gasteiger partial charge on any atom is 0.165 e. The molecule has 1 aromatic rings. The van der Waals surface area contributed by atoms with Crippen molar-refractivity contribution in [1.82, 2.24) is 4.90 Å². The average molecular weight is 180 g/mol. The summed E-state index contributed by atoms with van der Waals surface area (Å²) in [6, 6.07) is 6.45. The van der Waals surface area contributed by atoms with Crippen LogP contribution in [0.15, 0.2) is 24.3 Å². The van der Waals surface area contributed by atoms with E-state index in [2.05, 4.69) is 7.05 Å². The largest absolute Gasteiger partial charge is 0.485 e. The second-order valence-electron chi connectivity index (χ2n) is 3.21. The van der Waals surface area contributed by atoms with Gasteiger partial charge in [-0.2, -0.15) is 0 Å². The Labute approximate surface area is 76.9 Å². The maximum absolute atomic E-state index is 13.1. The van der Waals surface area contributed by atoms with Gasteiger partial charge in [-0.25, -0.2) is 4.39 Å². The summed E-state index contributed by atoms with van der Waals surface area (Å²) in [4.78, 5) is 1.88. The van der Waals surface area contributed by atoms with Crippen molar-refractivity contribution in [2.45, 2.75) is 6.10 Å². The van der Waals surface area contributed by atoms with Crippen molar-refractivity contribution in [3.63, 3.8) is 0 Å². The number of likely N-dealkylation sites (tertiary alicyclic amines) is 1. The zero-order chi connectivity index (χ0) is 9.26. The lowest BCUT2D eigenvalue weighted by molar-refractivity contribution is 0.0481. The van der Waals surface area contributed by atoms with Crippen LogP contribution >= 0.6 is 0 Å². The summed E-state index contributed by atoms with van der Waals surface area (Å²) in [6.07, 6.45) is 0.0920. The number of para-hydroxylation sites is 1. The van der Waals surface area contributed by atoms with Crippen LogP contribution in [0.1, 0.15) is 0 Å². The molecule has 0 unspecified atom stereocenters. The molecule has 1 saturated heterocycles. The Hall–Kier alpha value is -1.09. The molecule has 1 heterocycles. The Morgan fingerprint density at radius 3 is 2.69 bits per heavy atom. The Morgan fingerprint density at radius 2 is 2.08 bits per heavy atom. The van der Waals surface area contributed by atoms with Crippen LogP contribution in [0.3, 0.4) is 0 Å². The number of benzene rings is 1. The van der Waals surface area contributed by atoms with Gasteiger partial charge in [0.25, 0.3) is 0 Å². The van der Waals surface area contributed by atoms with E-state index in [0.29, 0.717) is 5.75 Å². The summed E-state index contributed by atoms with van der Waals surface area (Å²) in [5.74, 6) is 0.0330. The Bertz CT molecular complexity index is 297. The van der Waals surface area contributed by atoms with Gasteiger partial charge in [-0.05, 0) is 12.1 Å². The van der Waals surface area contributed by atoms with Crippen LogP contribution in [0, 0.1) is 12.9 Å². The molecule has 1 aliphatic rings. The summed E-state index contributed by atoms with van der Waals surface area (Å²) < 4.78 is 18.4. The Morgan fingerprint density at radius 1 is 1.38 bits per heavy atom. The molecular weight excluding hydrogens is 169 g/mol. The first-order valence-corrected chi connectivity index (χ1v) is 4.22. The minimum Gasteiger partial charge on any atom is -0.485 e. The number of hydrogen-bond acceptors (Lipinski definition) is 2. The quantitative estimate of drug-likeness (QED) is 0.686. The highest BCUT2D eigenvalue weighted by atomic mass is 19.1. The topological polar surface area (TPSA) is 12.5 Å². The van der Waals surface area contributed by atoms with Gasteiger partial charge in [-0.15, -0.1) is 0 Å². The summed E-state index contributed by atoms with van der Waals surface area (Å²) in [6.45, 7) is 1.54. The van der Waals surface area contributed by atoms with Crippen molar-refractivity contribution in [2.75, 3.05) is 13.1 Å². The third-order valence-electron chi connectivity index (χ3n) is 2.05. The molecule has 1 radical (unpaired) electrons. The second kappa shape index (κ2) is 3.34. The first kappa shape index (κ1) is 8.51. The van der Waals surface area contributed by atoms with Crippen molar-refractivity contribution in [1.29, 1.82) is 0 Å². The van der Waals surface area contributed by atoms with Crippen LogP contribution in [0.2, 0.25) is 0 Å². The highest BCUT2D eigenvalue weighted by molar-refractivity contribution is 5.24. The second-order valence-corrected chi connectivity index (χ2v) is 3.21. The maximum atomic E-state index is 13.1. The van der Waals surface area contributed by atoms with Gasteiger partial charge in [0.15, 0.2) is 11.6 Å². The summed E-state index contributed by atoms with van der Waals surface area (Å²) in [7, 11) is 3.72. The molecule has 2 rings (SSSR count). The van der Waals surface area contributed by atoms with Crippen molar-refractivity contribution in [2.24, 2.45) is 0 Å². The molecule has 2 nitrogen and oxygen atoms in total. The van der Waals surface area contributed by atoms with Gasteiger partial charge in [0.05, 0.1) is 0 Å². The molecule has 69 valence electrons. The van der Waals surface area contributed by atoms with E-state index in [9.17, 15) is 4.39 Å². The molecule has 0 amide bonds. The molecule has 0 bridgehead atoms. The normalized spacial score (nSPS) is 18.3. The van der Waals surface area contributed by atoms with Crippen molar-refractivity contribution in [3.8, 4) is 5.75 Å². The lowest BCUT2D eigenvalue weighted by Crippen LogP contribution is -2.50. The molecule has 0 saturated carbocycles. The van der Waals surface area contributed by atoms with E-state index in [0.717, 1.165) is 13.1 Å². The fourth-order valence-electron chi connectivity index (χ4n) is 1.32. The standard InChI is InChI=1S/C10H11FNO/c1-12-6-8(7-12)13-10-5-3-2-4-9(10)11/h2-5,8H,1,6-7H2. The molecule has 1 fully saturated rings. The lowest BCUT2D eigenvalue weighted by atomic mass is 10.2. The number of hydrogen-bond donors (Lipinski definition) is 0. The highest BCUT2D eigenvalue weighted by Crippen LogP contribution is 2.20. The van der Waals surface area contributed by atoms with Crippen molar-refractivity contribution in [3.05, 3.63) is 37.1 Å². The lowest BCUT2D eigenvalue weighted by Gasteiger charge is -2.35. The predicted molar refractivity (Wildman–Crippen MR) is 47.7 cm³/mol. The van der Waals surface area contributed by atoms with Crippen molar-refractivity contribution < 1.29 is 9.13 Å². The van der Waals surface area contributed by atoms with E-state index < -0.39 is 0 Å². The van der Waals surface area contributed by atoms with Crippen LogP contribution in [0.4, 0.5) is 4.39 Å². The zero-order valence-corrected chi connectivity index (χ0v) is 7.24. The van der Waals surface area contributed by atoms with Crippen molar-refractivity contribution >= 4 is 0 Å². The van der Waals surface area contributed by atoms with E-state index in [1.165, 1.54) is 6.07 Å². The molecular formula is C10H11FNO. The SMILES string of the molecule is [CH2]N1CC(Oc2ccccc2F)C1. The Kier molecular flexibility index (Phi) is 2.19. The van der Waals surface area contributed by atoms with E-state index >= 15 is 0 Å².